The van der Waals surface area contributed by atoms with Crippen molar-refractivity contribution in [2.75, 3.05) is 0 Å². The fourth-order valence-electron chi connectivity index (χ4n) is 3.25. The van der Waals surface area contributed by atoms with Gasteiger partial charge in [0.25, 0.3) is 0 Å². The van der Waals surface area contributed by atoms with Gasteiger partial charge in [0, 0.05) is 0 Å². The highest BCUT2D eigenvalue weighted by Gasteiger charge is 2.45. The number of carboxylic acids is 1. The van der Waals surface area contributed by atoms with Crippen molar-refractivity contribution in [1.29, 1.82) is 0 Å². The Morgan fingerprint density at radius 1 is 1.08 bits per heavy atom. The molecule has 1 fully saturated rings. The topological polar surface area (TPSA) is 83.5 Å². The van der Waals surface area contributed by atoms with Gasteiger partial charge >= 0.3 is 5.97 Å². The van der Waals surface area contributed by atoms with E-state index in [1.807, 2.05) is 31.2 Å². The first-order valence-electron chi connectivity index (χ1n) is 7.74. The largest absolute Gasteiger partial charge is 0.480 e. The number of benzene rings is 2. The van der Waals surface area contributed by atoms with Crippen molar-refractivity contribution in [2.24, 2.45) is 0 Å². The maximum Gasteiger partial charge on any atom is 0.320 e. The zero-order chi connectivity index (χ0) is 17.3. The third kappa shape index (κ3) is 2.95. The van der Waals surface area contributed by atoms with Gasteiger partial charge in [-0.1, -0.05) is 42.5 Å². The molecule has 1 heterocycles. The van der Waals surface area contributed by atoms with Gasteiger partial charge in [0.15, 0.2) is 9.84 Å². The van der Waals surface area contributed by atoms with E-state index in [0.29, 0.717) is 0 Å². The van der Waals surface area contributed by atoms with Crippen LogP contribution in [0.1, 0.15) is 23.6 Å². The van der Waals surface area contributed by atoms with Crippen molar-refractivity contribution < 1.29 is 18.3 Å². The Hall–Kier alpha value is -2.18. The third-order valence-corrected chi connectivity index (χ3v) is 6.70. The second-order valence-electron chi connectivity index (χ2n) is 6.02. The highest BCUT2D eigenvalue weighted by molar-refractivity contribution is 7.92. The maximum atomic E-state index is 13.1. The van der Waals surface area contributed by atoms with Crippen LogP contribution in [-0.2, 0) is 14.6 Å². The zero-order valence-corrected chi connectivity index (χ0v) is 14.0. The van der Waals surface area contributed by atoms with Crippen LogP contribution >= 0.6 is 0 Å². The molecule has 1 saturated heterocycles. The summed E-state index contributed by atoms with van der Waals surface area (Å²) < 4.78 is 26.1. The Balaban J connectivity index is 2.06. The van der Waals surface area contributed by atoms with Gasteiger partial charge < -0.3 is 5.11 Å². The highest BCUT2D eigenvalue weighted by atomic mass is 32.2. The van der Waals surface area contributed by atoms with Crippen LogP contribution in [0, 0.1) is 6.92 Å². The molecule has 6 heteroatoms. The first kappa shape index (κ1) is 16.7. The summed E-state index contributed by atoms with van der Waals surface area (Å²) in [6, 6.07) is 14.3. The van der Waals surface area contributed by atoms with Crippen molar-refractivity contribution in [3.8, 4) is 0 Å². The van der Waals surface area contributed by atoms with Crippen LogP contribution in [0.15, 0.2) is 59.5 Å². The Bertz CT molecular complexity index is 848. The number of nitrogens with one attached hydrogen (secondary N) is 1. The van der Waals surface area contributed by atoms with Gasteiger partial charge in [-0.25, -0.2) is 8.42 Å². The minimum Gasteiger partial charge on any atom is -0.480 e. The summed E-state index contributed by atoms with van der Waals surface area (Å²) in [5, 5.41) is 11.5. The lowest BCUT2D eigenvalue weighted by Crippen LogP contribution is -2.33. The van der Waals surface area contributed by atoms with Gasteiger partial charge in [0.05, 0.1) is 16.2 Å². The predicted octanol–water partition coefficient (Wildman–Crippen LogP) is 2.33. The molecule has 3 unspecified atom stereocenters. The molecule has 0 amide bonds. The maximum absolute atomic E-state index is 13.1. The normalized spacial score (nSPS) is 24.0. The van der Waals surface area contributed by atoms with E-state index in [1.165, 1.54) is 0 Å². The van der Waals surface area contributed by atoms with Crippen LogP contribution < -0.4 is 5.32 Å². The molecule has 3 rings (SSSR count). The molecule has 3 atom stereocenters. The summed E-state index contributed by atoms with van der Waals surface area (Å²) in [4.78, 5) is 11.6. The SMILES string of the molecule is Cc1ccccc1C1NC(C(=O)O)CC1S(=O)(=O)c1ccccc1. The highest BCUT2D eigenvalue weighted by Crippen LogP contribution is 2.36. The summed E-state index contributed by atoms with van der Waals surface area (Å²) in [5.74, 6) is -1.03. The van der Waals surface area contributed by atoms with E-state index < -0.39 is 33.1 Å². The Labute approximate surface area is 141 Å². The average Bonchev–Trinajstić information content (AvgIpc) is 3.02. The Kier molecular flexibility index (Phi) is 4.43. The van der Waals surface area contributed by atoms with Gasteiger partial charge in [-0.3, -0.25) is 10.1 Å². The van der Waals surface area contributed by atoms with Crippen LogP contribution in [-0.4, -0.2) is 30.8 Å². The number of rotatable bonds is 4. The van der Waals surface area contributed by atoms with Crippen LogP contribution in [0.2, 0.25) is 0 Å². The molecule has 1 aliphatic rings. The number of hydrogen-bond acceptors (Lipinski definition) is 4. The van der Waals surface area contributed by atoms with Crippen molar-refractivity contribution in [1.82, 2.24) is 5.32 Å². The van der Waals surface area contributed by atoms with Crippen LogP contribution in [0.3, 0.4) is 0 Å². The summed E-state index contributed by atoms with van der Waals surface area (Å²) in [6.07, 6.45) is 0.0472. The molecule has 2 aromatic rings. The van der Waals surface area contributed by atoms with Crippen molar-refractivity contribution in [3.05, 3.63) is 65.7 Å². The number of aliphatic carboxylic acids is 1. The number of carboxylic acid groups (broad SMARTS) is 1. The van der Waals surface area contributed by atoms with E-state index in [9.17, 15) is 18.3 Å². The first-order chi connectivity index (χ1) is 11.4. The van der Waals surface area contributed by atoms with Crippen LogP contribution in [0.25, 0.3) is 0 Å². The fraction of sp³-hybridized carbons (Fsp3) is 0.278. The minimum absolute atomic E-state index is 0.0472. The molecule has 5 nitrogen and oxygen atoms in total. The molecule has 0 aliphatic carbocycles. The summed E-state index contributed by atoms with van der Waals surface area (Å²) in [7, 11) is -3.65. The first-order valence-corrected chi connectivity index (χ1v) is 9.29. The summed E-state index contributed by atoms with van der Waals surface area (Å²) >= 11 is 0. The molecule has 2 aromatic carbocycles. The van der Waals surface area contributed by atoms with E-state index in [2.05, 4.69) is 5.32 Å². The molecule has 1 aliphatic heterocycles. The number of hydrogen-bond donors (Lipinski definition) is 2. The molecule has 0 radical (unpaired) electrons. The van der Waals surface area contributed by atoms with E-state index in [-0.39, 0.29) is 11.3 Å². The van der Waals surface area contributed by atoms with E-state index in [4.69, 9.17) is 0 Å². The molecule has 0 aromatic heterocycles. The predicted molar refractivity (Wildman–Crippen MR) is 90.5 cm³/mol. The van der Waals surface area contributed by atoms with E-state index in [1.54, 1.807) is 30.3 Å². The average molecular weight is 345 g/mol. The van der Waals surface area contributed by atoms with Crippen molar-refractivity contribution in [3.63, 3.8) is 0 Å². The lowest BCUT2D eigenvalue weighted by molar-refractivity contribution is -0.139. The Morgan fingerprint density at radius 2 is 1.71 bits per heavy atom. The fourth-order valence-corrected chi connectivity index (χ4v) is 5.16. The summed E-state index contributed by atoms with van der Waals surface area (Å²) in [5.41, 5.74) is 1.76. The van der Waals surface area contributed by atoms with Gasteiger partial charge in [-0.15, -0.1) is 0 Å². The lowest BCUT2D eigenvalue weighted by Gasteiger charge is -2.22. The van der Waals surface area contributed by atoms with Gasteiger partial charge in [-0.2, -0.15) is 0 Å². The third-order valence-electron chi connectivity index (χ3n) is 4.51. The minimum atomic E-state index is -3.65. The summed E-state index contributed by atoms with van der Waals surface area (Å²) in [6.45, 7) is 1.90. The number of aryl methyl sites for hydroxylation is 1. The second-order valence-corrected chi connectivity index (χ2v) is 8.19. The van der Waals surface area contributed by atoms with Gasteiger partial charge in [0.2, 0.25) is 0 Å². The molecule has 2 N–H and O–H groups in total. The van der Waals surface area contributed by atoms with Crippen LogP contribution in [0.4, 0.5) is 0 Å². The Morgan fingerprint density at radius 3 is 2.33 bits per heavy atom. The lowest BCUT2D eigenvalue weighted by atomic mass is 10.00. The number of carbonyl (C=O) groups is 1. The molecular weight excluding hydrogens is 326 g/mol. The molecule has 0 saturated carbocycles. The quantitative estimate of drug-likeness (QED) is 0.888. The van der Waals surface area contributed by atoms with Gasteiger partial charge in [0.1, 0.15) is 6.04 Å². The molecule has 24 heavy (non-hydrogen) atoms. The molecule has 126 valence electrons. The zero-order valence-electron chi connectivity index (χ0n) is 13.2. The van der Waals surface area contributed by atoms with Gasteiger partial charge in [-0.05, 0) is 36.6 Å². The van der Waals surface area contributed by atoms with Crippen molar-refractivity contribution in [2.45, 2.75) is 35.6 Å². The van der Waals surface area contributed by atoms with E-state index >= 15 is 0 Å². The monoisotopic (exact) mass is 345 g/mol. The second kappa shape index (κ2) is 6.37. The van der Waals surface area contributed by atoms with Crippen LogP contribution in [0.5, 0.6) is 0 Å². The standard InChI is InChI=1S/C18H19NO4S/c1-12-7-5-6-10-14(12)17-16(11-15(19-17)18(20)21)24(22,23)13-8-3-2-4-9-13/h2-10,15-17,19H,11H2,1H3,(H,20,21). The van der Waals surface area contributed by atoms with Crippen molar-refractivity contribution >= 4 is 15.8 Å². The molecular formula is C18H19NO4S. The number of sulfone groups is 1. The van der Waals surface area contributed by atoms with E-state index in [0.717, 1.165) is 11.1 Å². The molecule has 0 bridgehead atoms. The molecule has 0 spiro atoms. The smallest absolute Gasteiger partial charge is 0.320 e.